The number of hydrogen-bond acceptors (Lipinski definition) is 5. The second-order valence-corrected chi connectivity index (χ2v) is 6.85. The lowest BCUT2D eigenvalue weighted by atomic mass is 9.95. The predicted molar refractivity (Wildman–Crippen MR) is 97.5 cm³/mol. The Morgan fingerprint density at radius 3 is 2.43 bits per heavy atom. The van der Waals surface area contributed by atoms with E-state index in [9.17, 15) is 26.7 Å². The van der Waals surface area contributed by atoms with E-state index < -0.39 is 30.4 Å². The van der Waals surface area contributed by atoms with Crippen LogP contribution >= 0.6 is 0 Å². The van der Waals surface area contributed by atoms with Crippen molar-refractivity contribution in [2.45, 2.75) is 31.2 Å². The molecule has 1 aliphatic heterocycles. The van der Waals surface area contributed by atoms with Gasteiger partial charge in [-0.05, 0) is 36.2 Å². The lowest BCUT2D eigenvalue weighted by molar-refractivity contribution is -0.137. The Kier molecular flexibility index (Phi) is 6.55. The number of anilines is 1. The molecule has 1 aromatic heterocycles. The quantitative estimate of drug-likeness (QED) is 0.499. The van der Waals surface area contributed by atoms with Gasteiger partial charge in [0.15, 0.2) is 0 Å². The molecular formula is C20H19F5N2O3. The number of hydrogen-bond donors (Lipinski definition) is 0. The van der Waals surface area contributed by atoms with Crippen LogP contribution in [0.25, 0.3) is 0 Å². The fraction of sp³-hybridized carbons (Fsp3) is 0.400. The van der Waals surface area contributed by atoms with Crippen molar-refractivity contribution in [1.82, 2.24) is 4.98 Å². The topological polar surface area (TPSA) is 51.7 Å². The molecule has 0 saturated carbocycles. The molecule has 30 heavy (non-hydrogen) atoms. The molecule has 162 valence electrons. The molecule has 1 unspecified atom stereocenters. The second-order valence-electron chi connectivity index (χ2n) is 6.85. The summed E-state index contributed by atoms with van der Waals surface area (Å²) in [4.78, 5) is 17.5. The van der Waals surface area contributed by atoms with Gasteiger partial charge in [-0.25, -0.2) is 9.78 Å². The van der Waals surface area contributed by atoms with Crippen molar-refractivity contribution < 1.29 is 36.2 Å². The monoisotopic (exact) mass is 430 g/mol. The van der Waals surface area contributed by atoms with Crippen LogP contribution in [-0.4, -0.2) is 43.9 Å². The standard InChI is InChI=1S/C20H19F5N2O3/c1-29-18(28)13-4-7-17(26-9-13)27-10-14(8-16(27)11-30-19(21)22)12-2-5-15(6-3-12)20(23,24)25/h2-7,9,14,16,19H,8,10-11H2,1H3/t14?,16-/m0/s1. The van der Waals surface area contributed by atoms with Crippen LogP contribution in [0.3, 0.4) is 0 Å². The number of halogens is 5. The number of esters is 1. The lowest BCUT2D eigenvalue weighted by Gasteiger charge is -2.25. The molecule has 2 atom stereocenters. The summed E-state index contributed by atoms with van der Waals surface area (Å²) in [5, 5.41) is 0. The van der Waals surface area contributed by atoms with Gasteiger partial charge in [0.1, 0.15) is 5.82 Å². The third-order valence-electron chi connectivity index (χ3n) is 5.00. The van der Waals surface area contributed by atoms with Gasteiger partial charge in [-0.2, -0.15) is 22.0 Å². The Hall–Kier alpha value is -2.75. The maximum Gasteiger partial charge on any atom is 0.416 e. The van der Waals surface area contributed by atoms with Crippen molar-refractivity contribution in [1.29, 1.82) is 0 Å². The Labute approximate surface area is 169 Å². The van der Waals surface area contributed by atoms with Gasteiger partial charge >= 0.3 is 18.8 Å². The second kappa shape index (κ2) is 8.95. The first-order chi connectivity index (χ1) is 14.2. The summed E-state index contributed by atoms with van der Waals surface area (Å²) >= 11 is 0. The van der Waals surface area contributed by atoms with E-state index in [1.165, 1.54) is 31.5 Å². The van der Waals surface area contributed by atoms with Gasteiger partial charge in [0.05, 0.1) is 30.9 Å². The SMILES string of the molecule is COC(=O)c1ccc(N2CC(c3ccc(C(F)(F)F)cc3)C[C@H]2COC(F)F)nc1. The van der Waals surface area contributed by atoms with Crippen molar-refractivity contribution in [3.63, 3.8) is 0 Å². The van der Waals surface area contributed by atoms with E-state index in [4.69, 9.17) is 0 Å². The van der Waals surface area contributed by atoms with Crippen LogP contribution in [-0.2, 0) is 15.7 Å². The minimum atomic E-state index is -4.43. The number of ether oxygens (including phenoxy) is 2. The summed E-state index contributed by atoms with van der Waals surface area (Å²) in [6.45, 7) is -2.85. The molecule has 0 bridgehead atoms. The van der Waals surface area contributed by atoms with Crippen LogP contribution in [0.2, 0.25) is 0 Å². The average Bonchev–Trinajstić information content (AvgIpc) is 3.15. The third-order valence-corrected chi connectivity index (χ3v) is 5.00. The van der Waals surface area contributed by atoms with Crippen LogP contribution in [0.15, 0.2) is 42.6 Å². The molecular weight excluding hydrogens is 411 g/mol. The van der Waals surface area contributed by atoms with Crippen LogP contribution in [0.4, 0.5) is 27.8 Å². The van der Waals surface area contributed by atoms with Gasteiger partial charge in [-0.3, -0.25) is 0 Å². The molecule has 1 aliphatic rings. The molecule has 0 N–H and O–H groups in total. The van der Waals surface area contributed by atoms with Crippen LogP contribution in [0.1, 0.15) is 33.8 Å². The maximum atomic E-state index is 12.8. The zero-order chi connectivity index (χ0) is 21.9. The number of carbonyl (C=O) groups excluding carboxylic acids is 1. The van der Waals surface area contributed by atoms with Crippen LogP contribution < -0.4 is 4.90 Å². The third kappa shape index (κ3) is 5.05. The molecule has 2 aromatic rings. The van der Waals surface area contributed by atoms with Gasteiger partial charge in [0.2, 0.25) is 0 Å². The summed E-state index contributed by atoms with van der Waals surface area (Å²) in [6.07, 6.45) is -2.71. The molecule has 0 radical (unpaired) electrons. The zero-order valence-electron chi connectivity index (χ0n) is 15.9. The van der Waals surface area contributed by atoms with E-state index in [1.54, 1.807) is 11.0 Å². The van der Waals surface area contributed by atoms with E-state index in [2.05, 4.69) is 14.5 Å². The van der Waals surface area contributed by atoms with Gasteiger partial charge < -0.3 is 14.4 Å². The number of aromatic nitrogens is 1. The number of carbonyl (C=O) groups is 1. The Balaban J connectivity index is 1.81. The highest BCUT2D eigenvalue weighted by atomic mass is 19.4. The maximum absolute atomic E-state index is 12.8. The molecule has 2 heterocycles. The fourth-order valence-corrected chi connectivity index (χ4v) is 3.52. The Bertz CT molecular complexity index is 856. The molecule has 10 heteroatoms. The van der Waals surface area contributed by atoms with E-state index in [-0.39, 0.29) is 18.1 Å². The molecule has 3 rings (SSSR count). The molecule has 0 spiro atoms. The van der Waals surface area contributed by atoms with Gasteiger partial charge in [0, 0.05) is 18.7 Å². The highest BCUT2D eigenvalue weighted by Gasteiger charge is 2.35. The van der Waals surface area contributed by atoms with E-state index in [0.717, 1.165) is 12.1 Å². The Morgan fingerprint density at radius 1 is 1.20 bits per heavy atom. The molecule has 5 nitrogen and oxygen atoms in total. The number of nitrogens with zero attached hydrogens (tertiary/aromatic N) is 2. The minimum Gasteiger partial charge on any atom is -0.465 e. The summed E-state index contributed by atoms with van der Waals surface area (Å²) < 4.78 is 72.6. The van der Waals surface area contributed by atoms with Gasteiger partial charge in [-0.1, -0.05) is 12.1 Å². The average molecular weight is 430 g/mol. The Morgan fingerprint density at radius 2 is 1.90 bits per heavy atom. The first-order valence-corrected chi connectivity index (χ1v) is 9.07. The number of rotatable bonds is 6. The summed E-state index contributed by atoms with van der Waals surface area (Å²) in [5.74, 6) is -0.309. The van der Waals surface area contributed by atoms with Crippen LogP contribution in [0.5, 0.6) is 0 Å². The molecule has 1 saturated heterocycles. The van der Waals surface area contributed by atoms with Crippen molar-refractivity contribution in [2.24, 2.45) is 0 Å². The van der Waals surface area contributed by atoms with E-state index >= 15 is 0 Å². The molecule has 0 aliphatic carbocycles. The largest absolute Gasteiger partial charge is 0.465 e. The van der Waals surface area contributed by atoms with Crippen molar-refractivity contribution in [2.75, 3.05) is 25.2 Å². The fourth-order valence-electron chi connectivity index (χ4n) is 3.52. The number of alkyl halides is 5. The smallest absolute Gasteiger partial charge is 0.416 e. The molecule has 1 fully saturated rings. The summed E-state index contributed by atoms with van der Waals surface area (Å²) in [5.41, 5.74) is 0.151. The predicted octanol–water partition coefficient (Wildman–Crippen LogP) is 4.49. The van der Waals surface area contributed by atoms with Crippen molar-refractivity contribution in [3.05, 3.63) is 59.3 Å². The highest BCUT2D eigenvalue weighted by molar-refractivity contribution is 5.89. The summed E-state index contributed by atoms with van der Waals surface area (Å²) in [7, 11) is 1.24. The number of pyridine rings is 1. The van der Waals surface area contributed by atoms with Crippen molar-refractivity contribution >= 4 is 11.8 Å². The van der Waals surface area contributed by atoms with E-state index in [1.807, 2.05) is 0 Å². The minimum absolute atomic E-state index is 0.194. The lowest BCUT2D eigenvalue weighted by Crippen LogP contribution is -2.34. The highest BCUT2D eigenvalue weighted by Crippen LogP contribution is 2.36. The normalized spacial score (nSPS) is 19.4. The van der Waals surface area contributed by atoms with Gasteiger partial charge in [0.25, 0.3) is 0 Å². The molecule has 1 aromatic carbocycles. The zero-order valence-corrected chi connectivity index (χ0v) is 15.9. The van der Waals surface area contributed by atoms with Gasteiger partial charge in [-0.15, -0.1) is 0 Å². The number of methoxy groups -OCH3 is 1. The van der Waals surface area contributed by atoms with Crippen molar-refractivity contribution in [3.8, 4) is 0 Å². The molecule has 0 amide bonds. The van der Waals surface area contributed by atoms with E-state index in [0.29, 0.717) is 24.3 Å². The number of benzene rings is 1. The summed E-state index contributed by atoms with van der Waals surface area (Å²) in [6, 6.07) is 7.42. The van der Waals surface area contributed by atoms with Crippen LogP contribution in [0, 0.1) is 0 Å². The first-order valence-electron chi connectivity index (χ1n) is 9.07. The first kappa shape index (κ1) is 21.9.